The lowest BCUT2D eigenvalue weighted by molar-refractivity contribution is 0.0685. The van der Waals surface area contributed by atoms with Crippen LogP contribution in [0.25, 0.3) is 0 Å². The summed E-state index contributed by atoms with van der Waals surface area (Å²) in [6, 6.07) is 1.44. The van der Waals surface area contributed by atoms with Gasteiger partial charge in [-0.1, -0.05) is 32.9 Å². The summed E-state index contributed by atoms with van der Waals surface area (Å²) >= 11 is 0. The predicted molar refractivity (Wildman–Crippen MR) is 63.8 cm³/mol. The molecular weight excluding hydrogens is 220 g/mol. The third-order valence-corrected chi connectivity index (χ3v) is 3.22. The minimum absolute atomic E-state index is 0.0510. The quantitative estimate of drug-likeness (QED) is 0.796. The number of aromatic carboxylic acids is 1. The molecule has 2 N–H and O–H groups in total. The summed E-state index contributed by atoms with van der Waals surface area (Å²) in [6.45, 7) is 10.1. The lowest BCUT2D eigenvalue weighted by Gasteiger charge is -2.29. The molecule has 0 aromatic carbocycles. The number of carboxylic acids is 1. The topological polar surface area (TPSA) is 75.4 Å². The fraction of sp³-hybridized carbons (Fsp3) is 0.667. The Bertz CT molecular complexity index is 383. The van der Waals surface area contributed by atoms with Crippen LogP contribution in [0.1, 0.15) is 43.9 Å². The molecule has 0 amide bonds. The van der Waals surface area contributed by atoms with E-state index in [-0.39, 0.29) is 11.1 Å². The third kappa shape index (κ3) is 3.85. The number of carbonyl (C=O) groups is 1. The van der Waals surface area contributed by atoms with Gasteiger partial charge in [0.2, 0.25) is 0 Å². The number of rotatable bonds is 6. The van der Waals surface area contributed by atoms with Crippen LogP contribution in [0, 0.1) is 11.3 Å². The Hall–Kier alpha value is -1.36. The molecule has 0 aliphatic rings. The Balaban J connectivity index is 2.43. The normalized spacial score (nSPS) is 12.1. The van der Waals surface area contributed by atoms with Gasteiger partial charge in [0.15, 0.2) is 11.5 Å². The Morgan fingerprint density at radius 2 is 2.24 bits per heavy atom. The highest BCUT2D eigenvalue weighted by Gasteiger charge is 2.21. The molecule has 0 aliphatic carbocycles. The van der Waals surface area contributed by atoms with E-state index in [0.717, 1.165) is 6.54 Å². The molecule has 0 unspecified atom stereocenters. The van der Waals surface area contributed by atoms with Crippen molar-refractivity contribution >= 4 is 5.97 Å². The van der Waals surface area contributed by atoms with Crippen molar-refractivity contribution in [3.63, 3.8) is 0 Å². The Morgan fingerprint density at radius 3 is 2.71 bits per heavy atom. The first kappa shape index (κ1) is 13.7. The first-order valence-corrected chi connectivity index (χ1v) is 5.72. The summed E-state index contributed by atoms with van der Waals surface area (Å²) in [5.41, 5.74) is 0.139. The van der Waals surface area contributed by atoms with Gasteiger partial charge in [-0.25, -0.2) is 4.79 Å². The zero-order valence-electron chi connectivity index (χ0n) is 10.8. The van der Waals surface area contributed by atoms with Gasteiger partial charge < -0.3 is 14.9 Å². The molecule has 0 bridgehead atoms. The van der Waals surface area contributed by atoms with Gasteiger partial charge in [0.1, 0.15) is 0 Å². The lowest BCUT2D eigenvalue weighted by Crippen LogP contribution is -2.33. The second-order valence-electron chi connectivity index (χ2n) is 5.23. The highest BCUT2D eigenvalue weighted by atomic mass is 16.5. The van der Waals surface area contributed by atoms with E-state index in [0.29, 0.717) is 18.2 Å². The minimum atomic E-state index is -1.07. The number of nitrogens with zero attached hydrogens (tertiary/aromatic N) is 1. The SMILES string of the molecule is CC(C)C(C)(C)CNCc1cc(C(=O)O)no1. The van der Waals surface area contributed by atoms with Crippen molar-refractivity contribution in [2.75, 3.05) is 6.54 Å². The van der Waals surface area contributed by atoms with Crippen molar-refractivity contribution in [3.05, 3.63) is 17.5 Å². The van der Waals surface area contributed by atoms with Crippen molar-refractivity contribution in [1.82, 2.24) is 10.5 Å². The van der Waals surface area contributed by atoms with Gasteiger partial charge in [0.25, 0.3) is 0 Å². The molecule has 0 saturated carbocycles. The maximum atomic E-state index is 10.6. The smallest absolute Gasteiger partial charge is 0.358 e. The molecule has 0 saturated heterocycles. The summed E-state index contributed by atoms with van der Waals surface area (Å²) in [6.07, 6.45) is 0. The summed E-state index contributed by atoms with van der Waals surface area (Å²) in [5, 5.41) is 15.4. The van der Waals surface area contributed by atoms with Gasteiger partial charge in [0, 0.05) is 12.6 Å². The van der Waals surface area contributed by atoms with Gasteiger partial charge in [-0.3, -0.25) is 0 Å². The monoisotopic (exact) mass is 240 g/mol. The molecule has 1 aromatic heterocycles. The number of hydrogen-bond acceptors (Lipinski definition) is 4. The van der Waals surface area contributed by atoms with E-state index in [1.54, 1.807) is 0 Å². The maximum Gasteiger partial charge on any atom is 0.358 e. The zero-order chi connectivity index (χ0) is 13.1. The Morgan fingerprint density at radius 1 is 1.59 bits per heavy atom. The van der Waals surface area contributed by atoms with Crippen LogP contribution in [-0.4, -0.2) is 22.8 Å². The van der Waals surface area contributed by atoms with E-state index in [1.807, 2.05) is 0 Å². The van der Waals surface area contributed by atoms with Crippen molar-refractivity contribution in [3.8, 4) is 0 Å². The zero-order valence-corrected chi connectivity index (χ0v) is 10.8. The molecule has 0 radical (unpaired) electrons. The molecule has 1 aromatic rings. The number of nitrogens with one attached hydrogen (secondary N) is 1. The van der Waals surface area contributed by atoms with Crippen LogP contribution < -0.4 is 5.32 Å². The summed E-state index contributed by atoms with van der Waals surface area (Å²) in [4.78, 5) is 10.6. The van der Waals surface area contributed by atoms with E-state index in [9.17, 15) is 4.79 Å². The van der Waals surface area contributed by atoms with Gasteiger partial charge >= 0.3 is 5.97 Å². The first-order chi connectivity index (χ1) is 7.83. The van der Waals surface area contributed by atoms with Crippen LogP contribution in [0.2, 0.25) is 0 Å². The maximum absolute atomic E-state index is 10.6. The molecule has 0 spiro atoms. The van der Waals surface area contributed by atoms with Crippen LogP contribution in [0.3, 0.4) is 0 Å². The minimum Gasteiger partial charge on any atom is -0.476 e. The van der Waals surface area contributed by atoms with Gasteiger partial charge in [0.05, 0.1) is 6.54 Å². The van der Waals surface area contributed by atoms with Crippen molar-refractivity contribution in [1.29, 1.82) is 0 Å². The van der Waals surface area contributed by atoms with Crippen LogP contribution >= 0.6 is 0 Å². The van der Waals surface area contributed by atoms with E-state index in [2.05, 4.69) is 38.2 Å². The standard InChI is InChI=1S/C12H20N2O3/c1-8(2)12(3,4)7-13-6-9-5-10(11(15)16)14-17-9/h5,8,13H,6-7H2,1-4H3,(H,15,16). The summed E-state index contributed by atoms with van der Waals surface area (Å²) in [5.74, 6) is 0.0452. The van der Waals surface area contributed by atoms with E-state index in [1.165, 1.54) is 6.07 Å². The molecule has 0 atom stereocenters. The molecule has 17 heavy (non-hydrogen) atoms. The van der Waals surface area contributed by atoms with Gasteiger partial charge in [-0.05, 0) is 11.3 Å². The fourth-order valence-electron chi connectivity index (χ4n) is 1.21. The molecule has 0 aliphatic heterocycles. The van der Waals surface area contributed by atoms with Crippen LogP contribution in [0.15, 0.2) is 10.6 Å². The Labute approximate surface area is 101 Å². The molecular formula is C12H20N2O3. The molecule has 96 valence electrons. The van der Waals surface area contributed by atoms with E-state index >= 15 is 0 Å². The van der Waals surface area contributed by atoms with E-state index < -0.39 is 5.97 Å². The highest BCUT2D eigenvalue weighted by molar-refractivity contribution is 5.85. The highest BCUT2D eigenvalue weighted by Crippen LogP contribution is 2.24. The predicted octanol–water partition coefficient (Wildman–Crippen LogP) is 2.14. The van der Waals surface area contributed by atoms with Gasteiger partial charge in [-0.15, -0.1) is 0 Å². The average Bonchev–Trinajstić information content (AvgIpc) is 2.66. The van der Waals surface area contributed by atoms with Gasteiger partial charge in [-0.2, -0.15) is 0 Å². The average molecular weight is 240 g/mol. The second-order valence-corrected chi connectivity index (χ2v) is 5.23. The Kier molecular flexibility index (Phi) is 4.28. The largest absolute Gasteiger partial charge is 0.476 e. The molecule has 1 heterocycles. The molecule has 5 heteroatoms. The van der Waals surface area contributed by atoms with Crippen molar-refractivity contribution < 1.29 is 14.4 Å². The number of hydrogen-bond donors (Lipinski definition) is 2. The molecule has 0 fully saturated rings. The fourth-order valence-corrected chi connectivity index (χ4v) is 1.21. The number of aromatic nitrogens is 1. The third-order valence-electron chi connectivity index (χ3n) is 3.22. The van der Waals surface area contributed by atoms with Crippen LogP contribution in [0.4, 0.5) is 0 Å². The van der Waals surface area contributed by atoms with Crippen molar-refractivity contribution in [2.24, 2.45) is 11.3 Å². The van der Waals surface area contributed by atoms with Crippen molar-refractivity contribution in [2.45, 2.75) is 34.2 Å². The van der Waals surface area contributed by atoms with E-state index in [4.69, 9.17) is 9.63 Å². The lowest BCUT2D eigenvalue weighted by atomic mass is 9.81. The summed E-state index contributed by atoms with van der Waals surface area (Å²) in [7, 11) is 0. The first-order valence-electron chi connectivity index (χ1n) is 5.72. The van der Waals surface area contributed by atoms with Crippen LogP contribution in [0.5, 0.6) is 0 Å². The molecule has 5 nitrogen and oxygen atoms in total. The second kappa shape index (κ2) is 5.31. The summed E-state index contributed by atoms with van der Waals surface area (Å²) < 4.78 is 4.91. The number of carboxylic acid groups (broad SMARTS) is 1. The van der Waals surface area contributed by atoms with Crippen LogP contribution in [-0.2, 0) is 6.54 Å². The molecule has 1 rings (SSSR count).